The van der Waals surface area contributed by atoms with Crippen LogP contribution in [0.5, 0.6) is 0 Å². The number of rotatable bonds is 0. The Labute approximate surface area is 79.1 Å². The maximum Gasteiger partial charge on any atom is 0.466 e. The number of hydrogen-bond donors (Lipinski definition) is 3. The standard InChI is InChI=1S/C7H5NO.H3O4P/c1-2-4-7-6(3-1)8-5-9-7;1-5(2,3)4/h1-5H;(H3,1,2,3,4). The number of fused-ring (bicyclic) bond motifs is 1. The van der Waals surface area contributed by atoms with E-state index < -0.39 is 7.82 Å². The fraction of sp³-hybridized carbons (Fsp3) is 0. The summed E-state index contributed by atoms with van der Waals surface area (Å²) in [5.74, 6) is 0. The molecule has 6 nitrogen and oxygen atoms in total. The quantitative estimate of drug-likeness (QED) is 0.566. The first-order chi connectivity index (χ1) is 6.47. The SMILES string of the molecule is O=P(O)(O)O.c1ccc2ocnc2c1. The summed E-state index contributed by atoms with van der Waals surface area (Å²) < 4.78 is 13.9. The van der Waals surface area contributed by atoms with Crippen LogP contribution in [-0.2, 0) is 4.57 Å². The Hall–Kier alpha value is -1.20. The van der Waals surface area contributed by atoms with Crippen molar-refractivity contribution in [2.75, 3.05) is 0 Å². The van der Waals surface area contributed by atoms with E-state index >= 15 is 0 Å². The van der Waals surface area contributed by atoms with Crippen molar-refractivity contribution in [2.24, 2.45) is 0 Å². The molecule has 3 N–H and O–H groups in total. The molecule has 1 aromatic carbocycles. The van der Waals surface area contributed by atoms with Crippen LogP contribution in [0.3, 0.4) is 0 Å². The van der Waals surface area contributed by atoms with E-state index in [2.05, 4.69) is 4.98 Å². The topological polar surface area (TPSA) is 104 Å². The highest BCUT2D eigenvalue weighted by atomic mass is 31.2. The zero-order valence-electron chi connectivity index (χ0n) is 6.94. The lowest BCUT2D eigenvalue weighted by atomic mass is 10.3. The third-order valence-corrected chi connectivity index (χ3v) is 1.24. The van der Waals surface area contributed by atoms with Gasteiger partial charge in [0.1, 0.15) is 5.52 Å². The molecule has 0 spiro atoms. The van der Waals surface area contributed by atoms with Gasteiger partial charge in [0.2, 0.25) is 0 Å². The van der Waals surface area contributed by atoms with Gasteiger partial charge in [0.15, 0.2) is 12.0 Å². The van der Waals surface area contributed by atoms with Crippen molar-refractivity contribution >= 4 is 18.9 Å². The van der Waals surface area contributed by atoms with Gasteiger partial charge in [-0.15, -0.1) is 0 Å². The average Bonchev–Trinajstić information content (AvgIpc) is 2.47. The lowest BCUT2D eigenvalue weighted by Gasteiger charge is -1.82. The van der Waals surface area contributed by atoms with E-state index in [1.807, 2.05) is 24.3 Å². The summed E-state index contributed by atoms with van der Waals surface area (Å²) in [6, 6.07) is 7.67. The van der Waals surface area contributed by atoms with Crippen molar-refractivity contribution in [2.45, 2.75) is 0 Å². The molecule has 0 aliphatic rings. The van der Waals surface area contributed by atoms with Gasteiger partial charge in [-0.05, 0) is 12.1 Å². The summed E-state index contributed by atoms with van der Waals surface area (Å²) in [5, 5.41) is 0. The second kappa shape index (κ2) is 4.34. The van der Waals surface area contributed by atoms with Gasteiger partial charge in [-0.25, -0.2) is 9.55 Å². The minimum absolute atomic E-state index is 0.845. The van der Waals surface area contributed by atoms with Crippen LogP contribution < -0.4 is 0 Å². The molecular weight excluding hydrogens is 209 g/mol. The number of phosphoric acid groups is 1. The van der Waals surface area contributed by atoms with E-state index in [9.17, 15) is 0 Å². The normalized spacial score (nSPS) is 10.8. The Balaban J connectivity index is 0.000000171. The van der Waals surface area contributed by atoms with Crippen molar-refractivity contribution in [3.8, 4) is 0 Å². The fourth-order valence-electron chi connectivity index (χ4n) is 0.803. The molecule has 76 valence electrons. The van der Waals surface area contributed by atoms with E-state index in [0.29, 0.717) is 0 Å². The monoisotopic (exact) mass is 217 g/mol. The minimum atomic E-state index is -4.64. The first kappa shape index (κ1) is 10.9. The molecule has 0 bridgehead atoms. The predicted molar refractivity (Wildman–Crippen MR) is 48.3 cm³/mol. The third kappa shape index (κ3) is 4.15. The van der Waals surface area contributed by atoms with E-state index in [1.54, 1.807) is 0 Å². The Bertz CT molecular complexity index is 410. The van der Waals surface area contributed by atoms with Gasteiger partial charge >= 0.3 is 7.82 Å². The Kier molecular flexibility index (Phi) is 3.38. The molecule has 0 saturated carbocycles. The first-order valence-electron chi connectivity index (χ1n) is 3.53. The van der Waals surface area contributed by atoms with Crippen LogP contribution in [-0.4, -0.2) is 19.7 Å². The summed E-state index contributed by atoms with van der Waals surface area (Å²) >= 11 is 0. The van der Waals surface area contributed by atoms with E-state index in [0.717, 1.165) is 11.1 Å². The maximum atomic E-state index is 8.88. The van der Waals surface area contributed by atoms with E-state index in [4.69, 9.17) is 23.7 Å². The van der Waals surface area contributed by atoms with Crippen molar-refractivity contribution in [3.63, 3.8) is 0 Å². The highest BCUT2D eigenvalue weighted by Crippen LogP contribution is 2.25. The van der Waals surface area contributed by atoms with Crippen LogP contribution in [0.4, 0.5) is 0 Å². The van der Waals surface area contributed by atoms with Crippen LogP contribution in [0, 0.1) is 0 Å². The zero-order chi connectivity index (χ0) is 10.6. The van der Waals surface area contributed by atoms with Gasteiger partial charge in [-0.3, -0.25) is 0 Å². The van der Waals surface area contributed by atoms with Crippen LogP contribution in [0.1, 0.15) is 0 Å². The summed E-state index contributed by atoms with van der Waals surface area (Å²) in [6.07, 6.45) is 1.45. The molecule has 1 aromatic heterocycles. The first-order valence-corrected chi connectivity index (χ1v) is 5.10. The molecule has 0 saturated heterocycles. The molecular formula is C7H8NO5P. The molecule has 0 aliphatic carbocycles. The second-order valence-corrected chi connectivity index (χ2v) is 3.36. The predicted octanol–water partition coefficient (Wildman–Crippen LogP) is 0.899. The van der Waals surface area contributed by atoms with Crippen LogP contribution in [0.25, 0.3) is 11.1 Å². The van der Waals surface area contributed by atoms with Gasteiger partial charge in [0.25, 0.3) is 0 Å². The van der Waals surface area contributed by atoms with Gasteiger partial charge in [-0.2, -0.15) is 0 Å². The summed E-state index contributed by atoms with van der Waals surface area (Å²) in [6.45, 7) is 0. The molecule has 0 unspecified atom stereocenters. The highest BCUT2D eigenvalue weighted by Gasteiger charge is 2.00. The molecule has 14 heavy (non-hydrogen) atoms. The maximum absolute atomic E-state index is 8.88. The molecule has 0 aliphatic heterocycles. The number of hydrogen-bond acceptors (Lipinski definition) is 3. The molecule has 0 amide bonds. The summed E-state index contributed by atoms with van der Waals surface area (Å²) in [4.78, 5) is 25.5. The zero-order valence-corrected chi connectivity index (χ0v) is 7.83. The molecule has 2 aromatic rings. The molecule has 7 heteroatoms. The van der Waals surface area contributed by atoms with Gasteiger partial charge in [-0.1, -0.05) is 12.1 Å². The van der Waals surface area contributed by atoms with Gasteiger partial charge < -0.3 is 19.1 Å². The highest BCUT2D eigenvalue weighted by molar-refractivity contribution is 7.45. The minimum Gasteiger partial charge on any atom is -0.443 e. The van der Waals surface area contributed by atoms with Gasteiger partial charge in [0, 0.05) is 0 Å². The third-order valence-electron chi connectivity index (χ3n) is 1.24. The largest absolute Gasteiger partial charge is 0.466 e. The second-order valence-electron chi connectivity index (χ2n) is 2.33. The molecule has 2 rings (SSSR count). The Morgan fingerprint density at radius 3 is 2.36 bits per heavy atom. The number of nitrogens with zero attached hydrogens (tertiary/aromatic N) is 1. The van der Waals surface area contributed by atoms with Crippen molar-refractivity contribution in [1.82, 2.24) is 4.98 Å². The van der Waals surface area contributed by atoms with E-state index in [1.165, 1.54) is 6.39 Å². The van der Waals surface area contributed by atoms with Crippen molar-refractivity contribution in [1.29, 1.82) is 0 Å². The van der Waals surface area contributed by atoms with Crippen LogP contribution in [0.15, 0.2) is 35.1 Å². The lowest BCUT2D eigenvalue weighted by molar-refractivity contribution is 0.275. The average molecular weight is 217 g/mol. The summed E-state index contributed by atoms with van der Waals surface area (Å²) in [5.41, 5.74) is 1.76. The molecule has 0 atom stereocenters. The Morgan fingerprint density at radius 1 is 1.21 bits per heavy atom. The number of oxazole rings is 1. The molecule has 1 heterocycles. The molecule has 0 fully saturated rings. The number of benzene rings is 1. The van der Waals surface area contributed by atoms with Crippen molar-refractivity contribution < 1.29 is 23.7 Å². The number of aromatic nitrogens is 1. The van der Waals surface area contributed by atoms with Crippen molar-refractivity contribution in [3.05, 3.63) is 30.7 Å². The summed E-state index contributed by atoms with van der Waals surface area (Å²) in [7, 11) is -4.64. The number of para-hydroxylation sites is 2. The molecule has 0 radical (unpaired) electrons. The van der Waals surface area contributed by atoms with Gasteiger partial charge in [0.05, 0.1) is 0 Å². The van der Waals surface area contributed by atoms with Crippen LogP contribution in [0.2, 0.25) is 0 Å². The van der Waals surface area contributed by atoms with E-state index in [-0.39, 0.29) is 0 Å². The van der Waals surface area contributed by atoms with Crippen LogP contribution >= 0.6 is 7.82 Å². The Morgan fingerprint density at radius 2 is 1.79 bits per heavy atom. The fourth-order valence-corrected chi connectivity index (χ4v) is 0.803. The lowest BCUT2D eigenvalue weighted by Crippen LogP contribution is -1.66. The smallest absolute Gasteiger partial charge is 0.443 e.